The van der Waals surface area contributed by atoms with Crippen molar-refractivity contribution in [2.75, 3.05) is 10.8 Å². The van der Waals surface area contributed by atoms with Gasteiger partial charge in [0.2, 0.25) is 0 Å². The lowest BCUT2D eigenvalue weighted by molar-refractivity contribution is -0.119. The average molecular weight is 598 g/mol. The maximum atomic E-state index is 13.6. The summed E-state index contributed by atoms with van der Waals surface area (Å²) in [5.74, 6) is -0.584. The molecular weight excluding hydrogens is 567 g/mol. The summed E-state index contributed by atoms with van der Waals surface area (Å²) in [6.07, 6.45) is 1.52. The Hall–Kier alpha value is -3.59. The fourth-order valence-electron chi connectivity index (χ4n) is 4.32. The quantitative estimate of drug-likeness (QED) is 0.182. The molecule has 208 valence electrons. The highest BCUT2D eigenvalue weighted by molar-refractivity contribution is 7.92. The maximum Gasteiger partial charge on any atom is 0.264 e. The number of hydrogen-bond donors (Lipinski definition) is 1. The second-order valence-corrected chi connectivity index (χ2v) is 12.4. The van der Waals surface area contributed by atoms with E-state index < -0.39 is 22.5 Å². The van der Waals surface area contributed by atoms with Crippen molar-refractivity contribution in [3.05, 3.63) is 110 Å². The van der Waals surface area contributed by atoms with Crippen LogP contribution in [-0.2, 0) is 14.8 Å². The van der Waals surface area contributed by atoms with Crippen molar-refractivity contribution in [1.29, 1.82) is 0 Å². The zero-order valence-electron chi connectivity index (χ0n) is 22.9. The number of hydrazone groups is 1. The number of nitrogens with one attached hydrogen (secondary N) is 1. The van der Waals surface area contributed by atoms with Gasteiger partial charge in [0.25, 0.3) is 15.9 Å². The van der Waals surface area contributed by atoms with E-state index in [9.17, 15) is 13.2 Å². The number of halogens is 2. The van der Waals surface area contributed by atoms with Crippen molar-refractivity contribution >= 4 is 51.0 Å². The molecule has 1 aromatic heterocycles. The topological polar surface area (TPSA) is 83.8 Å². The zero-order chi connectivity index (χ0) is 29.2. The second-order valence-electron chi connectivity index (χ2n) is 9.64. The SMILES string of the molecule is Cc1ccc(S(=O)(=O)N(CC(=O)N/N=C\c2cc(C)n(-c3ccc(Cl)cc3Cl)c2C)c2ccc(C)c(C)c2)cc1. The fraction of sp³-hybridized carbons (Fsp3) is 0.200. The summed E-state index contributed by atoms with van der Waals surface area (Å²) in [5.41, 5.74) is 9.05. The van der Waals surface area contributed by atoms with Gasteiger partial charge >= 0.3 is 0 Å². The van der Waals surface area contributed by atoms with Crippen LogP contribution in [0.2, 0.25) is 10.0 Å². The summed E-state index contributed by atoms with van der Waals surface area (Å²) in [7, 11) is -4.02. The highest BCUT2D eigenvalue weighted by Crippen LogP contribution is 2.29. The van der Waals surface area contributed by atoms with Crippen LogP contribution in [0.25, 0.3) is 5.69 Å². The van der Waals surface area contributed by atoms with Gasteiger partial charge in [0, 0.05) is 22.0 Å². The van der Waals surface area contributed by atoms with Gasteiger partial charge in [0.1, 0.15) is 6.54 Å². The standard InChI is InChI=1S/C30H30Cl2N4O3S/c1-19-6-11-27(12-7-19)40(38,39)35(26-10-8-20(2)21(3)14-26)18-30(37)34-33-17-24-15-22(4)36(23(24)5)29-13-9-25(31)16-28(29)32/h6-17H,18H2,1-5H3,(H,34,37)/b33-17-. The molecule has 40 heavy (non-hydrogen) atoms. The molecule has 0 bridgehead atoms. The molecule has 7 nitrogen and oxygen atoms in total. The number of amides is 1. The lowest BCUT2D eigenvalue weighted by Crippen LogP contribution is -2.39. The zero-order valence-corrected chi connectivity index (χ0v) is 25.2. The van der Waals surface area contributed by atoms with Crippen LogP contribution < -0.4 is 9.73 Å². The number of anilines is 1. The Bertz CT molecular complexity index is 1710. The smallest absolute Gasteiger partial charge is 0.264 e. The second kappa shape index (κ2) is 11.9. The van der Waals surface area contributed by atoms with Crippen LogP contribution in [0.3, 0.4) is 0 Å². The lowest BCUT2D eigenvalue weighted by atomic mass is 10.1. The first-order valence-electron chi connectivity index (χ1n) is 12.5. The monoisotopic (exact) mass is 596 g/mol. The molecule has 0 aliphatic rings. The molecule has 0 unspecified atom stereocenters. The number of aromatic nitrogens is 1. The molecule has 0 aliphatic heterocycles. The third-order valence-corrected chi connectivity index (χ3v) is 9.01. The molecule has 0 atom stereocenters. The van der Waals surface area contributed by atoms with E-state index in [1.807, 2.05) is 57.4 Å². The first-order valence-corrected chi connectivity index (χ1v) is 14.7. The van der Waals surface area contributed by atoms with Crippen LogP contribution in [0.4, 0.5) is 5.69 Å². The number of benzene rings is 3. The number of rotatable bonds is 8. The molecule has 4 rings (SSSR count). The van der Waals surface area contributed by atoms with Crippen molar-refractivity contribution in [2.45, 2.75) is 39.5 Å². The molecule has 0 saturated carbocycles. The summed E-state index contributed by atoms with van der Waals surface area (Å²) < 4.78 is 30.3. The van der Waals surface area contributed by atoms with Crippen LogP contribution in [0, 0.1) is 34.6 Å². The van der Waals surface area contributed by atoms with Gasteiger partial charge in [-0.1, -0.05) is 47.0 Å². The molecule has 10 heteroatoms. The minimum Gasteiger partial charge on any atom is -0.316 e. The Labute approximate surface area is 245 Å². The normalized spacial score (nSPS) is 11.7. The number of aryl methyl sites for hydroxylation is 4. The minimum absolute atomic E-state index is 0.0981. The minimum atomic E-state index is -4.02. The van der Waals surface area contributed by atoms with Crippen LogP contribution in [0.5, 0.6) is 0 Å². The van der Waals surface area contributed by atoms with Gasteiger partial charge in [0.15, 0.2) is 0 Å². The molecular formula is C30H30Cl2N4O3S. The highest BCUT2D eigenvalue weighted by atomic mass is 35.5. The van der Waals surface area contributed by atoms with Crippen molar-refractivity contribution in [2.24, 2.45) is 5.10 Å². The van der Waals surface area contributed by atoms with E-state index in [-0.39, 0.29) is 4.90 Å². The van der Waals surface area contributed by atoms with Gasteiger partial charge < -0.3 is 4.57 Å². The Morgan fingerprint density at radius 2 is 1.62 bits per heavy atom. The van der Waals surface area contributed by atoms with Crippen molar-refractivity contribution in [1.82, 2.24) is 9.99 Å². The molecule has 1 amide bonds. The number of carbonyl (C=O) groups excluding carboxylic acids is 1. The maximum absolute atomic E-state index is 13.6. The van der Waals surface area contributed by atoms with E-state index in [1.54, 1.807) is 36.4 Å². The predicted octanol–water partition coefficient (Wildman–Crippen LogP) is 6.67. The van der Waals surface area contributed by atoms with Gasteiger partial charge in [0.05, 0.1) is 27.5 Å². The van der Waals surface area contributed by atoms with Crippen LogP contribution in [-0.4, -0.2) is 31.7 Å². The summed E-state index contributed by atoms with van der Waals surface area (Å²) in [5, 5.41) is 5.17. The average Bonchev–Trinajstić information content (AvgIpc) is 3.17. The highest BCUT2D eigenvalue weighted by Gasteiger charge is 2.27. The van der Waals surface area contributed by atoms with Crippen LogP contribution in [0.15, 0.2) is 76.7 Å². The van der Waals surface area contributed by atoms with E-state index in [1.165, 1.54) is 18.3 Å². The largest absolute Gasteiger partial charge is 0.316 e. The van der Waals surface area contributed by atoms with E-state index in [2.05, 4.69) is 10.5 Å². The number of carbonyl (C=O) groups is 1. The van der Waals surface area contributed by atoms with Crippen LogP contribution in [0.1, 0.15) is 33.6 Å². The Kier molecular flexibility index (Phi) is 8.73. The molecule has 4 aromatic rings. The van der Waals surface area contributed by atoms with Crippen LogP contribution >= 0.6 is 23.2 Å². The predicted molar refractivity (Wildman–Crippen MR) is 163 cm³/mol. The first kappa shape index (κ1) is 29.4. The summed E-state index contributed by atoms with van der Waals surface area (Å²) >= 11 is 12.5. The molecule has 0 radical (unpaired) electrons. The van der Waals surface area contributed by atoms with Gasteiger partial charge in [-0.3, -0.25) is 9.10 Å². The van der Waals surface area contributed by atoms with E-state index in [0.29, 0.717) is 15.7 Å². The first-order chi connectivity index (χ1) is 18.9. The molecule has 0 aliphatic carbocycles. The van der Waals surface area contributed by atoms with E-state index in [0.717, 1.165) is 43.6 Å². The van der Waals surface area contributed by atoms with Gasteiger partial charge in [-0.25, -0.2) is 13.8 Å². The van der Waals surface area contributed by atoms with E-state index in [4.69, 9.17) is 23.2 Å². The Morgan fingerprint density at radius 3 is 2.27 bits per heavy atom. The Balaban J connectivity index is 1.58. The fourth-order valence-corrected chi connectivity index (χ4v) is 6.23. The van der Waals surface area contributed by atoms with Gasteiger partial charge in [-0.2, -0.15) is 5.10 Å². The molecule has 0 fully saturated rings. The molecule has 1 heterocycles. The van der Waals surface area contributed by atoms with Gasteiger partial charge in [-0.15, -0.1) is 0 Å². The van der Waals surface area contributed by atoms with Crippen molar-refractivity contribution in [3.8, 4) is 5.69 Å². The molecule has 1 N–H and O–H groups in total. The summed E-state index contributed by atoms with van der Waals surface area (Å²) in [4.78, 5) is 13.1. The molecule has 0 saturated heterocycles. The lowest BCUT2D eigenvalue weighted by Gasteiger charge is -2.24. The van der Waals surface area contributed by atoms with Crippen molar-refractivity contribution < 1.29 is 13.2 Å². The molecule has 0 spiro atoms. The number of hydrogen-bond acceptors (Lipinski definition) is 4. The third kappa shape index (κ3) is 6.25. The van der Waals surface area contributed by atoms with E-state index >= 15 is 0 Å². The molecule has 3 aromatic carbocycles. The van der Waals surface area contributed by atoms with Crippen molar-refractivity contribution in [3.63, 3.8) is 0 Å². The number of nitrogens with zero attached hydrogens (tertiary/aromatic N) is 3. The number of sulfonamides is 1. The van der Waals surface area contributed by atoms with Gasteiger partial charge in [-0.05, 0) is 94.3 Å². The summed E-state index contributed by atoms with van der Waals surface area (Å²) in [6, 6.07) is 19.0. The third-order valence-electron chi connectivity index (χ3n) is 6.69. The summed E-state index contributed by atoms with van der Waals surface area (Å²) in [6.45, 7) is 9.12. The Morgan fingerprint density at radius 1 is 0.925 bits per heavy atom.